The Morgan fingerprint density at radius 1 is 1.24 bits per heavy atom. The number of rotatable bonds is 2. The molecule has 1 aliphatic heterocycles. The molecule has 2 heterocycles. The molecule has 1 aliphatic rings. The molecule has 1 saturated heterocycles. The van der Waals surface area contributed by atoms with Crippen LogP contribution < -0.4 is 5.32 Å². The number of oxazole rings is 1. The molecular weight excluding hydrogens is 216 g/mol. The summed E-state index contributed by atoms with van der Waals surface area (Å²) in [7, 11) is 0. The molecule has 0 radical (unpaired) electrons. The summed E-state index contributed by atoms with van der Waals surface area (Å²) in [6, 6.07) is 9.99. The first kappa shape index (κ1) is 10.5. The lowest BCUT2D eigenvalue weighted by molar-refractivity contribution is 0.0109. The zero-order valence-corrected chi connectivity index (χ0v) is 9.43. The first-order valence-electron chi connectivity index (χ1n) is 5.76. The van der Waals surface area contributed by atoms with Crippen LogP contribution in [0.1, 0.15) is 12.0 Å². The van der Waals surface area contributed by atoms with Crippen molar-refractivity contribution in [3.63, 3.8) is 0 Å². The Bertz CT molecular complexity index is 475. The number of ether oxygens (including phenoxy) is 1. The van der Waals surface area contributed by atoms with Gasteiger partial charge in [-0.1, -0.05) is 30.3 Å². The maximum absolute atomic E-state index is 5.59. The smallest absolute Gasteiger partial charge is 0.225 e. The van der Waals surface area contributed by atoms with E-state index in [9.17, 15) is 0 Å². The second kappa shape index (κ2) is 4.69. The summed E-state index contributed by atoms with van der Waals surface area (Å²) < 4.78 is 11.1. The Hall–Kier alpha value is -1.65. The Morgan fingerprint density at radius 3 is 2.88 bits per heavy atom. The van der Waals surface area contributed by atoms with Gasteiger partial charge < -0.3 is 14.5 Å². The Balaban J connectivity index is 1.83. The molecule has 4 heteroatoms. The lowest BCUT2D eigenvalue weighted by Crippen LogP contribution is -2.33. The second-order valence-corrected chi connectivity index (χ2v) is 4.00. The summed E-state index contributed by atoms with van der Waals surface area (Å²) in [4.78, 5) is 4.47. The predicted molar refractivity (Wildman–Crippen MR) is 63.5 cm³/mol. The van der Waals surface area contributed by atoms with Gasteiger partial charge in [0.1, 0.15) is 18.1 Å². The molecule has 2 aromatic rings. The van der Waals surface area contributed by atoms with E-state index in [-0.39, 0.29) is 6.10 Å². The van der Waals surface area contributed by atoms with Crippen molar-refractivity contribution in [3.05, 3.63) is 42.5 Å². The molecule has 0 spiro atoms. The number of hydrogen-bond acceptors (Lipinski definition) is 4. The second-order valence-electron chi connectivity index (χ2n) is 4.00. The molecule has 0 bridgehead atoms. The monoisotopic (exact) mass is 230 g/mol. The third kappa shape index (κ3) is 2.23. The van der Waals surface area contributed by atoms with Gasteiger partial charge in [0.25, 0.3) is 0 Å². The van der Waals surface area contributed by atoms with Crippen LogP contribution >= 0.6 is 0 Å². The minimum Gasteiger partial charge on any atom is -0.445 e. The molecular formula is C13H14N2O2. The van der Waals surface area contributed by atoms with Gasteiger partial charge in [-0.15, -0.1) is 0 Å². The summed E-state index contributed by atoms with van der Waals surface area (Å²) in [5.41, 5.74) is 1.92. The Morgan fingerprint density at radius 2 is 2.12 bits per heavy atom. The Kier molecular flexibility index (Phi) is 2.90. The molecule has 1 N–H and O–H groups in total. The van der Waals surface area contributed by atoms with Gasteiger partial charge in [0.15, 0.2) is 0 Å². The van der Waals surface area contributed by atoms with Gasteiger partial charge in [0, 0.05) is 18.7 Å². The number of aromatic nitrogens is 1. The molecule has 1 aromatic carbocycles. The fourth-order valence-corrected chi connectivity index (χ4v) is 1.90. The highest BCUT2D eigenvalue weighted by molar-refractivity contribution is 5.57. The lowest BCUT2D eigenvalue weighted by atomic mass is 10.2. The fraction of sp³-hybridized carbons (Fsp3) is 0.308. The van der Waals surface area contributed by atoms with Gasteiger partial charge in [-0.05, 0) is 0 Å². The van der Waals surface area contributed by atoms with Crippen LogP contribution in [0, 0.1) is 0 Å². The summed E-state index contributed by atoms with van der Waals surface area (Å²) >= 11 is 0. The van der Waals surface area contributed by atoms with Gasteiger partial charge in [-0.2, -0.15) is 0 Å². The Labute approximate surface area is 99.6 Å². The molecule has 4 nitrogen and oxygen atoms in total. The minimum atomic E-state index is -0.0683. The topological polar surface area (TPSA) is 47.3 Å². The van der Waals surface area contributed by atoms with Crippen LogP contribution in [0.5, 0.6) is 0 Å². The summed E-state index contributed by atoms with van der Waals surface area (Å²) in [6.45, 7) is 2.35. The van der Waals surface area contributed by atoms with E-state index in [0.29, 0.717) is 12.5 Å². The standard InChI is InChI=1S/C13H14N2O2/c1-2-4-10(5-3-1)11-9-17-13(15-11)12-8-14-6-7-16-12/h1-5,9,12,14H,6-8H2. The largest absolute Gasteiger partial charge is 0.445 e. The van der Waals surface area contributed by atoms with E-state index in [0.717, 1.165) is 24.3 Å². The van der Waals surface area contributed by atoms with Gasteiger partial charge >= 0.3 is 0 Å². The van der Waals surface area contributed by atoms with Crippen LogP contribution in [0.4, 0.5) is 0 Å². The zero-order chi connectivity index (χ0) is 11.5. The number of nitrogens with one attached hydrogen (secondary N) is 1. The van der Waals surface area contributed by atoms with Crippen LogP contribution in [-0.2, 0) is 4.74 Å². The van der Waals surface area contributed by atoms with Crippen molar-refractivity contribution >= 4 is 0 Å². The molecule has 1 atom stereocenters. The van der Waals surface area contributed by atoms with E-state index in [1.165, 1.54) is 0 Å². The first-order chi connectivity index (χ1) is 8.43. The van der Waals surface area contributed by atoms with Crippen molar-refractivity contribution in [1.82, 2.24) is 10.3 Å². The van der Waals surface area contributed by atoms with Crippen LogP contribution in [-0.4, -0.2) is 24.7 Å². The molecule has 0 aliphatic carbocycles. The molecule has 3 rings (SSSR count). The van der Waals surface area contributed by atoms with E-state index < -0.39 is 0 Å². The van der Waals surface area contributed by atoms with Gasteiger partial charge in [-0.25, -0.2) is 4.98 Å². The van der Waals surface area contributed by atoms with Gasteiger partial charge in [0.05, 0.1) is 6.61 Å². The number of morpholine rings is 1. The van der Waals surface area contributed by atoms with E-state index in [2.05, 4.69) is 10.3 Å². The van der Waals surface area contributed by atoms with Crippen molar-refractivity contribution in [2.24, 2.45) is 0 Å². The van der Waals surface area contributed by atoms with E-state index in [1.807, 2.05) is 30.3 Å². The average molecular weight is 230 g/mol. The molecule has 88 valence electrons. The minimum absolute atomic E-state index is 0.0683. The highest BCUT2D eigenvalue weighted by atomic mass is 16.5. The van der Waals surface area contributed by atoms with Crippen molar-refractivity contribution in [1.29, 1.82) is 0 Å². The zero-order valence-electron chi connectivity index (χ0n) is 9.43. The van der Waals surface area contributed by atoms with Crippen LogP contribution in [0.3, 0.4) is 0 Å². The van der Waals surface area contributed by atoms with Crippen molar-refractivity contribution in [3.8, 4) is 11.3 Å². The molecule has 1 aromatic heterocycles. The summed E-state index contributed by atoms with van der Waals surface area (Å²) in [6.07, 6.45) is 1.61. The third-order valence-electron chi connectivity index (χ3n) is 2.79. The van der Waals surface area contributed by atoms with Crippen LogP contribution in [0.2, 0.25) is 0 Å². The molecule has 1 fully saturated rings. The SMILES string of the molecule is c1ccc(-c2coc(C3CNCCO3)n2)cc1. The van der Waals surface area contributed by atoms with E-state index in [4.69, 9.17) is 9.15 Å². The van der Waals surface area contributed by atoms with Crippen LogP contribution in [0.25, 0.3) is 11.3 Å². The van der Waals surface area contributed by atoms with E-state index >= 15 is 0 Å². The highest BCUT2D eigenvalue weighted by Gasteiger charge is 2.21. The summed E-state index contributed by atoms with van der Waals surface area (Å²) in [5.74, 6) is 0.649. The van der Waals surface area contributed by atoms with Crippen molar-refractivity contribution < 1.29 is 9.15 Å². The molecule has 0 saturated carbocycles. The number of benzene rings is 1. The van der Waals surface area contributed by atoms with Crippen molar-refractivity contribution in [2.75, 3.05) is 19.7 Å². The van der Waals surface area contributed by atoms with Crippen LogP contribution in [0.15, 0.2) is 41.0 Å². The normalized spacial score (nSPS) is 20.4. The maximum Gasteiger partial charge on any atom is 0.225 e. The average Bonchev–Trinajstić information content (AvgIpc) is 2.90. The fourth-order valence-electron chi connectivity index (χ4n) is 1.90. The molecule has 0 amide bonds. The molecule has 1 unspecified atom stereocenters. The number of hydrogen-bond donors (Lipinski definition) is 1. The maximum atomic E-state index is 5.59. The number of nitrogens with zero attached hydrogens (tertiary/aromatic N) is 1. The summed E-state index contributed by atoms with van der Waals surface area (Å²) in [5, 5.41) is 3.26. The predicted octanol–water partition coefficient (Wildman–Crippen LogP) is 2.00. The first-order valence-corrected chi connectivity index (χ1v) is 5.76. The molecule has 17 heavy (non-hydrogen) atoms. The lowest BCUT2D eigenvalue weighted by Gasteiger charge is -2.20. The van der Waals surface area contributed by atoms with Gasteiger partial charge in [0.2, 0.25) is 5.89 Å². The van der Waals surface area contributed by atoms with E-state index in [1.54, 1.807) is 6.26 Å². The van der Waals surface area contributed by atoms with Crippen molar-refractivity contribution in [2.45, 2.75) is 6.10 Å². The highest BCUT2D eigenvalue weighted by Crippen LogP contribution is 2.23. The quantitative estimate of drug-likeness (QED) is 0.857. The third-order valence-corrected chi connectivity index (χ3v) is 2.79. The van der Waals surface area contributed by atoms with Gasteiger partial charge in [-0.3, -0.25) is 0 Å².